The molecule has 2 aromatic rings. The third kappa shape index (κ3) is 3.44. The fourth-order valence-electron chi connectivity index (χ4n) is 1.47. The van der Waals surface area contributed by atoms with Crippen molar-refractivity contribution in [2.45, 2.75) is 36.1 Å². The minimum Gasteiger partial charge on any atom is -0.384 e. The Balaban J connectivity index is 2.36. The van der Waals surface area contributed by atoms with Crippen LogP contribution < -0.4 is 5.73 Å². The third-order valence-electron chi connectivity index (χ3n) is 2.44. The van der Waals surface area contributed by atoms with Crippen molar-refractivity contribution in [1.29, 1.82) is 0 Å². The molecule has 0 atom stereocenters. The average Bonchev–Trinajstić information content (AvgIpc) is 2.30. The van der Waals surface area contributed by atoms with E-state index < -0.39 is 0 Å². The van der Waals surface area contributed by atoms with Crippen LogP contribution in [0.15, 0.2) is 40.3 Å². The van der Waals surface area contributed by atoms with Crippen LogP contribution in [0.1, 0.15) is 26.6 Å². The molecule has 0 unspecified atom stereocenters. The summed E-state index contributed by atoms with van der Waals surface area (Å²) < 4.78 is 13.6. The Labute approximate surface area is 116 Å². The summed E-state index contributed by atoms with van der Waals surface area (Å²) in [6, 6.07) is 8.26. The molecule has 0 radical (unpaired) electrons. The van der Waals surface area contributed by atoms with E-state index in [1.165, 1.54) is 17.8 Å². The van der Waals surface area contributed by atoms with E-state index in [0.29, 0.717) is 21.6 Å². The summed E-state index contributed by atoms with van der Waals surface area (Å²) in [6.07, 6.45) is 0. The Morgan fingerprint density at radius 1 is 1.16 bits per heavy atom. The van der Waals surface area contributed by atoms with E-state index in [-0.39, 0.29) is 11.2 Å². The lowest BCUT2D eigenvalue weighted by atomic mass is 9.96. The van der Waals surface area contributed by atoms with Gasteiger partial charge in [0.1, 0.15) is 22.5 Å². The summed E-state index contributed by atoms with van der Waals surface area (Å²) >= 11 is 1.25. The van der Waals surface area contributed by atoms with Crippen LogP contribution >= 0.6 is 11.8 Å². The topological polar surface area (TPSA) is 51.8 Å². The van der Waals surface area contributed by atoms with Gasteiger partial charge in [-0.05, 0) is 12.1 Å². The van der Waals surface area contributed by atoms with E-state index in [0.717, 1.165) is 0 Å². The van der Waals surface area contributed by atoms with Crippen molar-refractivity contribution in [2.75, 3.05) is 5.73 Å². The van der Waals surface area contributed by atoms with Gasteiger partial charge in [0.05, 0.1) is 0 Å². The number of nitrogens with two attached hydrogens (primary N) is 1. The van der Waals surface area contributed by atoms with Crippen LogP contribution in [-0.2, 0) is 5.41 Å². The van der Waals surface area contributed by atoms with Crippen LogP contribution in [0.4, 0.5) is 10.2 Å². The summed E-state index contributed by atoms with van der Waals surface area (Å²) in [6.45, 7) is 6.04. The van der Waals surface area contributed by atoms with Crippen LogP contribution in [0.2, 0.25) is 0 Å². The molecule has 0 aliphatic carbocycles. The van der Waals surface area contributed by atoms with Gasteiger partial charge in [-0.15, -0.1) is 0 Å². The second-order valence-corrected chi connectivity index (χ2v) is 6.30. The maximum atomic E-state index is 13.6. The first-order valence-electron chi connectivity index (χ1n) is 5.94. The van der Waals surface area contributed by atoms with Gasteiger partial charge in [0.25, 0.3) is 0 Å². The first-order chi connectivity index (χ1) is 8.86. The van der Waals surface area contributed by atoms with E-state index in [9.17, 15) is 4.39 Å². The fraction of sp³-hybridized carbons (Fsp3) is 0.286. The molecule has 0 saturated carbocycles. The largest absolute Gasteiger partial charge is 0.384 e. The zero-order valence-corrected chi connectivity index (χ0v) is 12.0. The molecule has 0 fully saturated rings. The van der Waals surface area contributed by atoms with Gasteiger partial charge >= 0.3 is 0 Å². The predicted molar refractivity (Wildman–Crippen MR) is 75.7 cm³/mol. The normalized spacial score (nSPS) is 11.6. The van der Waals surface area contributed by atoms with Gasteiger partial charge in [0.15, 0.2) is 0 Å². The van der Waals surface area contributed by atoms with Gasteiger partial charge in [0, 0.05) is 16.4 Å². The molecule has 100 valence electrons. The number of anilines is 1. The average molecular weight is 277 g/mol. The second kappa shape index (κ2) is 5.17. The molecule has 0 saturated heterocycles. The zero-order chi connectivity index (χ0) is 14.0. The number of rotatable bonds is 2. The number of aromatic nitrogens is 2. The molecule has 2 N–H and O–H groups in total. The number of hydrogen-bond acceptors (Lipinski definition) is 4. The van der Waals surface area contributed by atoms with Crippen LogP contribution in [0.3, 0.4) is 0 Å². The third-order valence-corrected chi connectivity index (χ3v) is 3.41. The predicted octanol–water partition coefficient (Wildman–Crippen LogP) is 3.65. The first-order valence-corrected chi connectivity index (χ1v) is 6.75. The molecule has 3 nitrogen and oxygen atoms in total. The minimum atomic E-state index is -0.262. The molecule has 0 bridgehead atoms. The van der Waals surface area contributed by atoms with Crippen LogP contribution in [-0.4, -0.2) is 9.97 Å². The van der Waals surface area contributed by atoms with Crippen LogP contribution in [0.25, 0.3) is 0 Å². The lowest BCUT2D eigenvalue weighted by Crippen LogP contribution is -2.17. The summed E-state index contributed by atoms with van der Waals surface area (Å²) in [5.74, 6) is 0.798. The lowest BCUT2D eigenvalue weighted by Gasteiger charge is -2.17. The van der Waals surface area contributed by atoms with E-state index in [1.807, 2.05) is 20.8 Å². The molecule has 2 rings (SSSR count). The van der Waals surface area contributed by atoms with Crippen molar-refractivity contribution in [1.82, 2.24) is 9.97 Å². The van der Waals surface area contributed by atoms with Gasteiger partial charge in [0.2, 0.25) is 0 Å². The molecule has 1 aromatic carbocycles. The summed E-state index contributed by atoms with van der Waals surface area (Å²) in [5, 5.41) is 0.655. The molecule has 5 heteroatoms. The van der Waals surface area contributed by atoms with Gasteiger partial charge in [-0.1, -0.05) is 44.7 Å². The molecule has 19 heavy (non-hydrogen) atoms. The molecule has 0 amide bonds. The number of hydrogen-bond donors (Lipinski definition) is 1. The monoisotopic (exact) mass is 277 g/mol. The summed E-state index contributed by atoms with van der Waals surface area (Å²) in [4.78, 5) is 9.20. The van der Waals surface area contributed by atoms with E-state index >= 15 is 0 Å². The van der Waals surface area contributed by atoms with Gasteiger partial charge < -0.3 is 5.73 Å². The summed E-state index contributed by atoms with van der Waals surface area (Å²) in [5.41, 5.74) is 5.60. The Hall–Kier alpha value is -1.62. The van der Waals surface area contributed by atoms with Crippen molar-refractivity contribution in [2.24, 2.45) is 0 Å². The highest BCUT2D eigenvalue weighted by Crippen LogP contribution is 2.30. The quantitative estimate of drug-likeness (QED) is 0.851. The maximum absolute atomic E-state index is 13.6. The fourth-order valence-corrected chi connectivity index (χ4v) is 2.32. The van der Waals surface area contributed by atoms with Crippen molar-refractivity contribution in [3.05, 3.63) is 42.0 Å². The Bertz CT molecular complexity index is 593. The Morgan fingerprint density at radius 3 is 2.47 bits per heavy atom. The van der Waals surface area contributed by atoms with E-state index in [1.54, 1.807) is 24.3 Å². The Kier molecular flexibility index (Phi) is 3.75. The second-order valence-electron chi connectivity index (χ2n) is 5.24. The minimum absolute atomic E-state index is 0.195. The van der Waals surface area contributed by atoms with Crippen molar-refractivity contribution >= 4 is 17.6 Å². The van der Waals surface area contributed by atoms with Crippen LogP contribution in [0, 0.1) is 5.82 Å². The summed E-state index contributed by atoms with van der Waals surface area (Å²) in [7, 11) is 0. The lowest BCUT2D eigenvalue weighted by molar-refractivity contribution is 0.539. The van der Waals surface area contributed by atoms with Gasteiger partial charge in [-0.2, -0.15) is 0 Å². The van der Waals surface area contributed by atoms with E-state index in [4.69, 9.17) is 5.73 Å². The highest BCUT2D eigenvalue weighted by Gasteiger charge is 2.19. The molecule has 0 aliphatic rings. The van der Waals surface area contributed by atoms with Gasteiger partial charge in [-0.25, -0.2) is 14.4 Å². The Morgan fingerprint density at radius 2 is 1.84 bits per heavy atom. The number of halogens is 1. The molecule has 0 spiro atoms. The van der Waals surface area contributed by atoms with Crippen molar-refractivity contribution < 1.29 is 4.39 Å². The highest BCUT2D eigenvalue weighted by atomic mass is 32.2. The molecule has 1 aromatic heterocycles. The van der Waals surface area contributed by atoms with Crippen molar-refractivity contribution in [3.8, 4) is 0 Å². The highest BCUT2D eigenvalue weighted by molar-refractivity contribution is 7.99. The van der Waals surface area contributed by atoms with Gasteiger partial charge in [-0.3, -0.25) is 0 Å². The first kappa shape index (κ1) is 13.8. The molecule has 1 heterocycles. The number of nitrogens with zero attached hydrogens (tertiary/aromatic N) is 2. The molecular weight excluding hydrogens is 261 g/mol. The zero-order valence-electron chi connectivity index (χ0n) is 11.1. The van der Waals surface area contributed by atoms with Crippen molar-refractivity contribution in [3.63, 3.8) is 0 Å². The number of benzene rings is 1. The SMILES string of the molecule is CC(C)(C)c1nc(N)cc(Sc2ccccc2F)n1. The van der Waals surface area contributed by atoms with Crippen LogP contribution in [0.5, 0.6) is 0 Å². The smallest absolute Gasteiger partial charge is 0.137 e. The molecule has 0 aliphatic heterocycles. The molecular formula is C14H16FN3S. The standard InChI is InChI=1S/C14H16FN3S/c1-14(2,3)13-17-11(16)8-12(18-13)19-10-7-5-4-6-9(10)15/h4-8H,1-3H3,(H2,16,17,18). The van der Waals surface area contributed by atoms with E-state index in [2.05, 4.69) is 9.97 Å². The maximum Gasteiger partial charge on any atom is 0.137 e. The number of nitrogen functional groups attached to an aromatic ring is 1.